The van der Waals surface area contributed by atoms with Gasteiger partial charge in [-0.15, -0.1) is 0 Å². The second-order valence-corrected chi connectivity index (χ2v) is 6.86. The minimum absolute atomic E-state index is 0.160. The number of rotatable bonds is 7. The van der Waals surface area contributed by atoms with Crippen LogP contribution in [0, 0.1) is 0 Å². The third kappa shape index (κ3) is 5.01. The average Bonchev–Trinajstić information content (AvgIpc) is 2.69. The lowest BCUT2D eigenvalue weighted by Crippen LogP contribution is -2.47. The highest BCUT2D eigenvalue weighted by Crippen LogP contribution is 2.29. The van der Waals surface area contributed by atoms with Crippen LogP contribution in [-0.4, -0.2) is 32.1 Å². The van der Waals surface area contributed by atoms with Crippen LogP contribution in [-0.2, 0) is 11.2 Å². The first-order valence-electron chi connectivity index (χ1n) is 9.47. The first-order valence-corrected chi connectivity index (χ1v) is 9.47. The van der Waals surface area contributed by atoms with Gasteiger partial charge >= 0.3 is 0 Å². The Labute approximate surface area is 156 Å². The van der Waals surface area contributed by atoms with Gasteiger partial charge in [0.05, 0.1) is 12.8 Å². The van der Waals surface area contributed by atoms with Gasteiger partial charge in [0.1, 0.15) is 5.75 Å². The highest BCUT2D eigenvalue weighted by atomic mass is 16.5. The Morgan fingerprint density at radius 2 is 1.92 bits per heavy atom. The van der Waals surface area contributed by atoms with E-state index in [9.17, 15) is 4.79 Å². The zero-order valence-corrected chi connectivity index (χ0v) is 15.5. The van der Waals surface area contributed by atoms with E-state index in [0.717, 1.165) is 50.2 Å². The number of carbonyl (C=O) groups excluding carboxylic acids is 1. The molecular weight excluding hydrogens is 324 g/mol. The second-order valence-electron chi connectivity index (χ2n) is 6.86. The van der Waals surface area contributed by atoms with Crippen molar-refractivity contribution >= 4 is 11.6 Å². The van der Waals surface area contributed by atoms with Gasteiger partial charge in [-0.3, -0.25) is 4.79 Å². The number of nitrogens with one attached hydrogen (secondary N) is 1. The zero-order chi connectivity index (χ0) is 18.2. The summed E-state index contributed by atoms with van der Waals surface area (Å²) in [6.07, 6.45) is 4.54. The summed E-state index contributed by atoms with van der Waals surface area (Å²) >= 11 is 0. The van der Waals surface area contributed by atoms with Gasteiger partial charge in [-0.25, -0.2) is 0 Å². The Hall–Kier alpha value is -2.49. The average molecular weight is 352 g/mol. The molecule has 0 spiro atoms. The fraction of sp³-hybridized carbons (Fsp3) is 0.409. The number of nitrogens with zero attached hydrogens (tertiary/aromatic N) is 1. The minimum Gasteiger partial charge on any atom is -0.495 e. The van der Waals surface area contributed by atoms with E-state index >= 15 is 0 Å². The number of hydrogen-bond acceptors (Lipinski definition) is 3. The molecule has 26 heavy (non-hydrogen) atoms. The number of hydrogen-bond donors (Lipinski definition) is 1. The number of piperidine rings is 1. The third-order valence-electron chi connectivity index (χ3n) is 4.92. The molecule has 1 heterocycles. The normalized spacial score (nSPS) is 17.0. The molecule has 0 bridgehead atoms. The molecule has 3 rings (SSSR count). The number of anilines is 1. The summed E-state index contributed by atoms with van der Waals surface area (Å²) in [6.45, 7) is 1.84. The lowest BCUT2D eigenvalue weighted by molar-refractivity contribution is -0.121. The van der Waals surface area contributed by atoms with Gasteiger partial charge < -0.3 is 15.0 Å². The van der Waals surface area contributed by atoms with Gasteiger partial charge in [0, 0.05) is 25.6 Å². The molecule has 1 unspecified atom stereocenters. The maximum absolute atomic E-state index is 12.3. The lowest BCUT2D eigenvalue weighted by atomic mass is 10.0. The molecule has 0 aliphatic carbocycles. The molecule has 2 aromatic rings. The highest BCUT2D eigenvalue weighted by molar-refractivity contribution is 5.76. The molecule has 1 saturated heterocycles. The van der Waals surface area contributed by atoms with Crippen molar-refractivity contribution in [3.05, 3.63) is 60.2 Å². The van der Waals surface area contributed by atoms with Crippen molar-refractivity contribution in [3.8, 4) is 5.75 Å². The quantitative estimate of drug-likeness (QED) is 0.824. The Balaban J connectivity index is 1.48. The van der Waals surface area contributed by atoms with E-state index < -0.39 is 0 Å². The maximum Gasteiger partial charge on any atom is 0.220 e. The van der Waals surface area contributed by atoms with Crippen molar-refractivity contribution in [2.45, 2.75) is 38.1 Å². The number of para-hydroxylation sites is 2. The number of aryl methyl sites for hydroxylation is 1. The van der Waals surface area contributed by atoms with E-state index in [0.29, 0.717) is 6.42 Å². The number of carbonyl (C=O) groups is 1. The van der Waals surface area contributed by atoms with Crippen molar-refractivity contribution in [2.24, 2.45) is 0 Å². The molecule has 138 valence electrons. The molecular formula is C22H28N2O2. The Morgan fingerprint density at radius 1 is 1.15 bits per heavy atom. The minimum atomic E-state index is 0.160. The van der Waals surface area contributed by atoms with E-state index in [-0.39, 0.29) is 11.9 Å². The molecule has 4 nitrogen and oxygen atoms in total. The fourth-order valence-electron chi connectivity index (χ4n) is 3.60. The summed E-state index contributed by atoms with van der Waals surface area (Å²) in [4.78, 5) is 14.6. The summed E-state index contributed by atoms with van der Waals surface area (Å²) in [7, 11) is 1.70. The van der Waals surface area contributed by atoms with Crippen LogP contribution in [0.15, 0.2) is 54.6 Å². The van der Waals surface area contributed by atoms with Crippen LogP contribution in [0.1, 0.15) is 31.2 Å². The third-order valence-corrected chi connectivity index (χ3v) is 4.92. The smallest absolute Gasteiger partial charge is 0.220 e. The standard InChI is InChI=1S/C22H28N2O2/c1-26-21-14-6-5-13-20(21)24-16-8-12-19(17-24)23-22(25)15-7-11-18-9-3-2-4-10-18/h2-6,9-10,13-14,19H,7-8,11-12,15-17H2,1H3,(H,23,25). The van der Waals surface area contributed by atoms with Crippen molar-refractivity contribution in [3.63, 3.8) is 0 Å². The van der Waals surface area contributed by atoms with E-state index in [4.69, 9.17) is 4.74 Å². The monoisotopic (exact) mass is 352 g/mol. The Kier molecular flexibility index (Phi) is 6.53. The van der Waals surface area contributed by atoms with Gasteiger partial charge in [0.25, 0.3) is 0 Å². The van der Waals surface area contributed by atoms with Crippen LogP contribution in [0.5, 0.6) is 5.75 Å². The topological polar surface area (TPSA) is 41.6 Å². The highest BCUT2D eigenvalue weighted by Gasteiger charge is 2.23. The van der Waals surface area contributed by atoms with Gasteiger partial charge in [-0.05, 0) is 43.4 Å². The molecule has 0 aromatic heterocycles. The molecule has 2 aromatic carbocycles. The summed E-state index contributed by atoms with van der Waals surface area (Å²) in [5, 5.41) is 3.22. The molecule has 1 amide bonds. The second kappa shape index (κ2) is 9.27. The van der Waals surface area contributed by atoms with Gasteiger partial charge in [-0.2, -0.15) is 0 Å². The van der Waals surface area contributed by atoms with Crippen LogP contribution in [0.3, 0.4) is 0 Å². The summed E-state index contributed by atoms with van der Waals surface area (Å²) < 4.78 is 5.48. The van der Waals surface area contributed by atoms with E-state index in [1.807, 2.05) is 36.4 Å². The van der Waals surface area contributed by atoms with Crippen molar-refractivity contribution in [2.75, 3.05) is 25.1 Å². The van der Waals surface area contributed by atoms with Crippen LogP contribution >= 0.6 is 0 Å². The van der Waals surface area contributed by atoms with E-state index in [1.165, 1.54) is 5.56 Å². The van der Waals surface area contributed by atoms with Crippen LogP contribution in [0.2, 0.25) is 0 Å². The maximum atomic E-state index is 12.3. The summed E-state index contributed by atoms with van der Waals surface area (Å²) in [5.41, 5.74) is 2.40. The zero-order valence-electron chi connectivity index (χ0n) is 15.5. The van der Waals surface area contributed by atoms with Crippen molar-refractivity contribution in [1.29, 1.82) is 0 Å². The summed E-state index contributed by atoms with van der Waals surface area (Å²) in [6, 6.07) is 18.6. The molecule has 0 radical (unpaired) electrons. The Morgan fingerprint density at radius 3 is 2.73 bits per heavy atom. The van der Waals surface area contributed by atoms with Crippen LogP contribution in [0.25, 0.3) is 0 Å². The molecule has 1 aliphatic heterocycles. The van der Waals surface area contributed by atoms with Crippen LogP contribution in [0.4, 0.5) is 5.69 Å². The molecule has 1 aliphatic rings. The van der Waals surface area contributed by atoms with E-state index in [2.05, 4.69) is 28.4 Å². The predicted octanol–water partition coefficient (Wildman–Crippen LogP) is 3.80. The SMILES string of the molecule is COc1ccccc1N1CCCC(NC(=O)CCCc2ccccc2)C1. The molecule has 0 saturated carbocycles. The number of benzene rings is 2. The van der Waals surface area contributed by atoms with E-state index in [1.54, 1.807) is 7.11 Å². The van der Waals surface area contributed by atoms with Crippen LogP contribution < -0.4 is 15.0 Å². The molecule has 4 heteroatoms. The molecule has 1 N–H and O–H groups in total. The van der Waals surface area contributed by atoms with Gasteiger partial charge in [0.2, 0.25) is 5.91 Å². The first kappa shape index (κ1) is 18.3. The van der Waals surface area contributed by atoms with Gasteiger partial charge in [-0.1, -0.05) is 42.5 Å². The Bertz CT molecular complexity index is 702. The lowest BCUT2D eigenvalue weighted by Gasteiger charge is -2.35. The molecule has 1 atom stereocenters. The predicted molar refractivity (Wildman–Crippen MR) is 106 cm³/mol. The first-order chi connectivity index (χ1) is 12.8. The summed E-state index contributed by atoms with van der Waals surface area (Å²) in [5.74, 6) is 1.05. The van der Waals surface area contributed by atoms with Crippen molar-refractivity contribution in [1.82, 2.24) is 5.32 Å². The molecule has 1 fully saturated rings. The van der Waals surface area contributed by atoms with Crippen molar-refractivity contribution < 1.29 is 9.53 Å². The number of ether oxygens (including phenoxy) is 1. The largest absolute Gasteiger partial charge is 0.495 e. The van der Waals surface area contributed by atoms with Gasteiger partial charge in [0.15, 0.2) is 0 Å². The number of methoxy groups -OCH3 is 1. The number of amides is 1. The fourth-order valence-corrected chi connectivity index (χ4v) is 3.60.